The molecular formula is C57H70N8O6Si. The van der Waals surface area contributed by atoms with E-state index in [1.165, 1.54) is 10.4 Å². The number of pyridine rings is 2. The van der Waals surface area contributed by atoms with E-state index in [0.29, 0.717) is 75.8 Å². The third-order valence-electron chi connectivity index (χ3n) is 12.1. The lowest BCUT2D eigenvalue weighted by molar-refractivity contribution is -0.121. The third-order valence-corrected chi connectivity index (χ3v) is 17.2. The van der Waals surface area contributed by atoms with Gasteiger partial charge in [0.05, 0.1) is 0 Å². The lowest BCUT2D eigenvalue weighted by Gasteiger charge is -2.43. The van der Waals surface area contributed by atoms with Crippen molar-refractivity contribution >= 4 is 53.9 Å². The van der Waals surface area contributed by atoms with Crippen LogP contribution >= 0.6 is 0 Å². The maximum absolute atomic E-state index is 13.5. The highest BCUT2D eigenvalue weighted by atomic mass is 28.4. The molecule has 4 amide bonds. The van der Waals surface area contributed by atoms with E-state index in [4.69, 9.17) is 9.16 Å². The summed E-state index contributed by atoms with van der Waals surface area (Å²) in [5.41, 5.74) is 6.71. The van der Waals surface area contributed by atoms with Crippen molar-refractivity contribution < 1.29 is 28.3 Å². The van der Waals surface area contributed by atoms with Crippen LogP contribution in [0, 0.1) is 13.8 Å². The Balaban J connectivity index is 0.958. The summed E-state index contributed by atoms with van der Waals surface area (Å²) in [4.78, 5) is 59.7. The van der Waals surface area contributed by atoms with Crippen molar-refractivity contribution in [1.82, 2.24) is 31.2 Å². The Morgan fingerprint density at radius 1 is 0.556 bits per heavy atom. The van der Waals surface area contributed by atoms with Crippen molar-refractivity contribution in [3.63, 3.8) is 0 Å². The Bertz CT molecular complexity index is 2700. The van der Waals surface area contributed by atoms with Crippen molar-refractivity contribution in [2.45, 2.75) is 92.0 Å². The van der Waals surface area contributed by atoms with Crippen LogP contribution in [0.25, 0.3) is 11.1 Å². The number of aromatic nitrogens is 2. The SMILES string of the molecule is Cc1c(NC(=O)c2ccc(CNCCNC(=O)CCCNC(=O)OC(C)(C)C)cn2)cccc1-c1cccc(NC(=O)c2ccc(CNCCO[Si](c3ccccc3)(c3ccccc3)C(C)(C)C)cn2)c1C. The van der Waals surface area contributed by atoms with E-state index in [2.05, 4.69) is 111 Å². The molecule has 6 N–H and O–H groups in total. The molecule has 378 valence electrons. The summed E-state index contributed by atoms with van der Waals surface area (Å²) >= 11 is 0. The molecule has 0 bridgehead atoms. The van der Waals surface area contributed by atoms with Gasteiger partial charge in [0.15, 0.2) is 0 Å². The van der Waals surface area contributed by atoms with Gasteiger partial charge in [-0.25, -0.2) is 4.79 Å². The molecule has 0 radical (unpaired) electrons. The molecule has 0 saturated heterocycles. The smallest absolute Gasteiger partial charge is 0.407 e. The van der Waals surface area contributed by atoms with Crippen LogP contribution in [-0.4, -0.2) is 80.5 Å². The molecule has 0 unspecified atom stereocenters. The number of anilines is 2. The molecule has 0 fully saturated rings. The highest BCUT2D eigenvalue weighted by molar-refractivity contribution is 6.99. The zero-order valence-corrected chi connectivity index (χ0v) is 43.9. The van der Waals surface area contributed by atoms with Crippen LogP contribution in [0.4, 0.5) is 16.2 Å². The first-order valence-electron chi connectivity index (χ1n) is 24.6. The number of benzene rings is 4. The van der Waals surface area contributed by atoms with Gasteiger partial charge in [-0.3, -0.25) is 24.4 Å². The average Bonchev–Trinajstić information content (AvgIpc) is 3.35. The third kappa shape index (κ3) is 15.0. The van der Waals surface area contributed by atoms with Crippen molar-refractivity contribution in [2.24, 2.45) is 0 Å². The Hall–Kier alpha value is -7.04. The molecule has 0 saturated carbocycles. The molecule has 0 aliphatic rings. The minimum absolute atomic E-state index is 0.0979. The van der Waals surface area contributed by atoms with E-state index in [9.17, 15) is 19.2 Å². The Kier molecular flexibility index (Phi) is 19.1. The molecule has 0 aliphatic carbocycles. The topological polar surface area (TPSA) is 185 Å². The fraction of sp³-hybridized carbons (Fsp3) is 0.333. The van der Waals surface area contributed by atoms with E-state index in [1.54, 1.807) is 45.3 Å². The van der Waals surface area contributed by atoms with Gasteiger partial charge in [0.1, 0.15) is 17.0 Å². The van der Waals surface area contributed by atoms with Crippen molar-refractivity contribution in [1.29, 1.82) is 0 Å². The Labute approximate surface area is 425 Å². The quantitative estimate of drug-likeness (QED) is 0.0285. The van der Waals surface area contributed by atoms with Gasteiger partial charge in [0, 0.05) is 76.1 Å². The van der Waals surface area contributed by atoms with Crippen LogP contribution in [0.5, 0.6) is 0 Å². The molecule has 2 heterocycles. The number of carbonyl (C=O) groups excluding carboxylic acids is 4. The summed E-state index contributed by atoms with van der Waals surface area (Å²) in [6.45, 7) is 19.7. The first-order chi connectivity index (χ1) is 34.4. The summed E-state index contributed by atoms with van der Waals surface area (Å²) in [6, 6.07) is 39.9. The Morgan fingerprint density at radius 2 is 1.06 bits per heavy atom. The molecule has 0 spiro atoms. The van der Waals surface area contributed by atoms with Gasteiger partial charge in [-0.1, -0.05) is 118 Å². The number of nitrogens with zero attached hydrogens (tertiary/aromatic N) is 2. The molecule has 14 nitrogen and oxygen atoms in total. The lowest BCUT2D eigenvalue weighted by Crippen LogP contribution is -2.66. The van der Waals surface area contributed by atoms with Crippen LogP contribution in [0.2, 0.25) is 5.04 Å². The van der Waals surface area contributed by atoms with E-state index < -0.39 is 20.0 Å². The van der Waals surface area contributed by atoms with Crippen LogP contribution < -0.4 is 42.3 Å². The number of nitrogens with one attached hydrogen (secondary N) is 6. The van der Waals surface area contributed by atoms with Gasteiger partial charge in [-0.15, -0.1) is 0 Å². The monoisotopic (exact) mass is 991 g/mol. The Morgan fingerprint density at radius 3 is 1.51 bits per heavy atom. The molecule has 4 aromatic carbocycles. The van der Waals surface area contributed by atoms with Crippen LogP contribution in [0.1, 0.15) is 97.6 Å². The van der Waals surface area contributed by atoms with Gasteiger partial charge in [0.2, 0.25) is 5.91 Å². The summed E-state index contributed by atoms with van der Waals surface area (Å²) < 4.78 is 12.2. The normalized spacial score (nSPS) is 11.7. The molecule has 6 aromatic rings. The maximum atomic E-state index is 13.5. The second-order valence-electron chi connectivity index (χ2n) is 19.7. The van der Waals surface area contributed by atoms with E-state index >= 15 is 0 Å². The number of hydrogen-bond donors (Lipinski definition) is 6. The zero-order chi connectivity index (χ0) is 51.7. The van der Waals surface area contributed by atoms with Crippen molar-refractivity contribution in [2.75, 3.05) is 43.4 Å². The van der Waals surface area contributed by atoms with E-state index in [0.717, 1.165) is 33.4 Å². The van der Waals surface area contributed by atoms with Gasteiger partial charge in [0.25, 0.3) is 20.1 Å². The van der Waals surface area contributed by atoms with Gasteiger partial charge >= 0.3 is 6.09 Å². The molecule has 2 aromatic heterocycles. The second-order valence-corrected chi connectivity index (χ2v) is 24.0. The zero-order valence-electron chi connectivity index (χ0n) is 42.9. The molecule has 6 rings (SSSR count). The average molecular weight is 991 g/mol. The van der Waals surface area contributed by atoms with Gasteiger partial charge in [-0.05, 0) is 114 Å². The first-order valence-corrected chi connectivity index (χ1v) is 26.5. The first kappa shape index (κ1) is 54.3. The fourth-order valence-electron chi connectivity index (χ4n) is 8.46. The largest absolute Gasteiger partial charge is 0.444 e. The fourth-order valence-corrected chi connectivity index (χ4v) is 13.0. The summed E-state index contributed by atoms with van der Waals surface area (Å²) in [7, 11) is -2.63. The van der Waals surface area contributed by atoms with Crippen molar-refractivity contribution in [3.8, 4) is 11.1 Å². The second kappa shape index (κ2) is 25.4. The van der Waals surface area contributed by atoms with E-state index in [-0.39, 0.29) is 28.5 Å². The predicted octanol–water partition coefficient (Wildman–Crippen LogP) is 8.44. The number of carbonyl (C=O) groups is 4. The number of amides is 4. The highest BCUT2D eigenvalue weighted by Crippen LogP contribution is 2.37. The van der Waals surface area contributed by atoms with Gasteiger partial charge < -0.3 is 41.1 Å². The standard InChI is InChI=1S/C57H70N8O6Si/c1-40-46(22-15-24-48(40)64-53(67)50-29-27-42(38-62-50)36-58-32-33-60-52(66)26-17-31-61-55(69)71-56(3,4)5)47-23-16-25-49(41(47)2)65-54(68)51-30-28-43(39-63-51)37-59-34-35-70-72(57(6,7)8,44-18-11-9-12-19-44)45-20-13-10-14-21-45/h9-16,18-25,27-30,38-39,58-59H,17,26,31-37H2,1-8H3,(H,60,66)(H,61,69)(H,64,67)(H,65,68). The number of hydrogen-bond acceptors (Lipinski definition) is 10. The molecule has 0 atom stereocenters. The molecular weight excluding hydrogens is 921 g/mol. The van der Waals surface area contributed by atoms with E-state index in [1.807, 2.05) is 74.5 Å². The van der Waals surface area contributed by atoms with Crippen LogP contribution in [0.15, 0.2) is 134 Å². The summed E-state index contributed by atoms with van der Waals surface area (Å²) in [5, 5.41) is 20.8. The maximum Gasteiger partial charge on any atom is 0.407 e. The molecule has 0 aliphatic heterocycles. The van der Waals surface area contributed by atoms with Gasteiger partial charge in [-0.2, -0.15) is 0 Å². The predicted molar refractivity (Wildman–Crippen MR) is 289 cm³/mol. The summed E-state index contributed by atoms with van der Waals surface area (Å²) in [5.74, 6) is -0.755. The van der Waals surface area contributed by atoms with Crippen molar-refractivity contribution in [3.05, 3.63) is 167 Å². The molecule has 15 heteroatoms. The van der Waals surface area contributed by atoms with Crippen LogP contribution in [0.3, 0.4) is 0 Å². The number of rotatable bonds is 22. The highest BCUT2D eigenvalue weighted by Gasteiger charge is 2.50. The number of alkyl carbamates (subject to hydrolysis) is 1. The summed E-state index contributed by atoms with van der Waals surface area (Å²) in [6.07, 6.45) is 3.68. The molecule has 72 heavy (non-hydrogen) atoms. The van der Waals surface area contributed by atoms with Crippen LogP contribution in [-0.2, 0) is 27.0 Å². The minimum Gasteiger partial charge on any atom is -0.444 e. The number of ether oxygens (including phenoxy) is 1. The lowest BCUT2D eigenvalue weighted by atomic mass is 9.94. The minimum atomic E-state index is -2.63.